The lowest BCUT2D eigenvalue weighted by molar-refractivity contribution is 0.0826. The molecule has 3 rings (SSSR count). The van der Waals surface area contributed by atoms with Gasteiger partial charge in [-0.15, -0.1) is 0 Å². The van der Waals surface area contributed by atoms with Crippen LogP contribution in [-0.4, -0.2) is 49.1 Å². The summed E-state index contributed by atoms with van der Waals surface area (Å²) < 4.78 is 0. The molecule has 1 saturated heterocycles. The van der Waals surface area contributed by atoms with E-state index in [0.717, 1.165) is 17.9 Å². The number of hydrogen-bond acceptors (Lipinski definition) is 2. The van der Waals surface area contributed by atoms with Gasteiger partial charge in [-0.1, -0.05) is 6.42 Å². The van der Waals surface area contributed by atoms with Crippen LogP contribution in [0, 0.1) is 11.8 Å². The molecule has 2 saturated carbocycles. The van der Waals surface area contributed by atoms with Crippen molar-refractivity contribution >= 4 is 0 Å². The first-order valence-electron chi connectivity index (χ1n) is 6.25. The van der Waals surface area contributed by atoms with Gasteiger partial charge in [-0.25, -0.2) is 0 Å². The first-order chi connectivity index (χ1) is 6.83. The van der Waals surface area contributed by atoms with E-state index in [1.165, 1.54) is 45.4 Å². The molecular weight excluding hydrogens is 172 g/mol. The summed E-state index contributed by atoms with van der Waals surface area (Å²) in [6.07, 6.45) is 6.14. The van der Waals surface area contributed by atoms with E-state index in [1.807, 2.05) is 0 Å². The molecule has 0 unspecified atom stereocenters. The van der Waals surface area contributed by atoms with Crippen molar-refractivity contribution in [1.82, 2.24) is 9.80 Å². The van der Waals surface area contributed by atoms with Crippen LogP contribution in [0.3, 0.4) is 0 Å². The third kappa shape index (κ3) is 1.49. The second kappa shape index (κ2) is 3.49. The summed E-state index contributed by atoms with van der Waals surface area (Å²) in [6.45, 7) is 5.22. The highest BCUT2D eigenvalue weighted by molar-refractivity contribution is 4.96. The molecular formula is C12H22N2. The molecule has 0 N–H and O–H groups in total. The van der Waals surface area contributed by atoms with Gasteiger partial charge in [0.25, 0.3) is 0 Å². The highest BCUT2D eigenvalue weighted by Crippen LogP contribution is 2.46. The van der Waals surface area contributed by atoms with Gasteiger partial charge in [0, 0.05) is 32.2 Å². The van der Waals surface area contributed by atoms with E-state index in [-0.39, 0.29) is 0 Å². The van der Waals surface area contributed by atoms with Crippen molar-refractivity contribution in [3.63, 3.8) is 0 Å². The van der Waals surface area contributed by atoms with Crippen molar-refractivity contribution in [3.05, 3.63) is 0 Å². The molecule has 14 heavy (non-hydrogen) atoms. The molecule has 3 fully saturated rings. The molecule has 0 radical (unpaired) electrons. The van der Waals surface area contributed by atoms with Crippen LogP contribution in [0.1, 0.15) is 25.7 Å². The Hall–Kier alpha value is -0.0800. The fraction of sp³-hybridized carbons (Fsp3) is 1.00. The fourth-order valence-corrected chi connectivity index (χ4v) is 3.81. The zero-order valence-corrected chi connectivity index (χ0v) is 9.28. The van der Waals surface area contributed by atoms with E-state index in [4.69, 9.17) is 0 Å². The minimum atomic E-state index is 0.974. The van der Waals surface area contributed by atoms with Crippen LogP contribution in [-0.2, 0) is 0 Å². The zero-order chi connectivity index (χ0) is 9.54. The average Bonchev–Trinajstić information content (AvgIpc) is 2.80. The first kappa shape index (κ1) is 9.17. The van der Waals surface area contributed by atoms with Gasteiger partial charge < -0.3 is 4.90 Å². The Bertz CT molecular complexity index is 208. The summed E-state index contributed by atoms with van der Waals surface area (Å²) in [5, 5.41) is 0. The number of hydrogen-bond donors (Lipinski definition) is 0. The van der Waals surface area contributed by atoms with Gasteiger partial charge in [-0.05, 0) is 38.1 Å². The maximum atomic E-state index is 2.78. The highest BCUT2D eigenvalue weighted by atomic mass is 15.3. The first-order valence-corrected chi connectivity index (χ1v) is 6.25. The Morgan fingerprint density at radius 2 is 1.71 bits per heavy atom. The van der Waals surface area contributed by atoms with Crippen LogP contribution >= 0.6 is 0 Å². The minimum Gasteiger partial charge on any atom is -0.304 e. The zero-order valence-electron chi connectivity index (χ0n) is 9.28. The van der Waals surface area contributed by atoms with Crippen molar-refractivity contribution < 1.29 is 0 Å². The lowest BCUT2D eigenvalue weighted by Gasteiger charge is -2.39. The summed E-state index contributed by atoms with van der Waals surface area (Å²) >= 11 is 0. The van der Waals surface area contributed by atoms with Crippen LogP contribution < -0.4 is 0 Å². The molecule has 0 aromatic heterocycles. The van der Waals surface area contributed by atoms with Crippen molar-refractivity contribution in [2.75, 3.05) is 33.2 Å². The molecule has 0 aromatic rings. The highest BCUT2D eigenvalue weighted by Gasteiger charge is 2.42. The van der Waals surface area contributed by atoms with Crippen LogP contribution in [0.15, 0.2) is 0 Å². The number of likely N-dealkylation sites (N-methyl/N-ethyl adjacent to an activating group) is 1. The van der Waals surface area contributed by atoms with Crippen molar-refractivity contribution in [1.29, 1.82) is 0 Å². The summed E-state index contributed by atoms with van der Waals surface area (Å²) in [5.74, 6) is 2.17. The van der Waals surface area contributed by atoms with Gasteiger partial charge in [0.1, 0.15) is 0 Å². The van der Waals surface area contributed by atoms with Crippen molar-refractivity contribution in [3.8, 4) is 0 Å². The van der Waals surface area contributed by atoms with E-state index in [9.17, 15) is 0 Å². The fourth-order valence-electron chi connectivity index (χ4n) is 3.81. The number of nitrogens with zero attached hydrogens (tertiary/aromatic N) is 2. The minimum absolute atomic E-state index is 0.974. The van der Waals surface area contributed by atoms with Gasteiger partial charge in [-0.3, -0.25) is 4.90 Å². The van der Waals surface area contributed by atoms with Crippen LogP contribution in [0.2, 0.25) is 0 Å². The second-order valence-electron chi connectivity index (χ2n) is 5.58. The molecule has 3 atom stereocenters. The summed E-state index contributed by atoms with van der Waals surface area (Å²) in [6, 6.07) is 0.974. The molecule has 0 aromatic carbocycles. The predicted molar refractivity (Wildman–Crippen MR) is 58.3 cm³/mol. The molecule has 2 heteroatoms. The van der Waals surface area contributed by atoms with E-state index in [1.54, 1.807) is 6.42 Å². The van der Waals surface area contributed by atoms with Gasteiger partial charge in [0.15, 0.2) is 0 Å². The van der Waals surface area contributed by atoms with Crippen molar-refractivity contribution in [2.45, 2.75) is 31.7 Å². The molecule has 1 aliphatic heterocycles. The Labute approximate surface area is 87.3 Å². The Balaban J connectivity index is 1.61. The monoisotopic (exact) mass is 194 g/mol. The molecule has 2 nitrogen and oxygen atoms in total. The number of fused-ring (bicyclic) bond motifs is 2. The Morgan fingerprint density at radius 1 is 0.929 bits per heavy atom. The van der Waals surface area contributed by atoms with E-state index >= 15 is 0 Å². The summed E-state index contributed by atoms with van der Waals surface area (Å²) in [7, 11) is 2.25. The predicted octanol–water partition coefficient (Wildman–Crippen LogP) is 1.42. The molecule has 2 bridgehead atoms. The largest absolute Gasteiger partial charge is 0.304 e. The standard InChI is InChI=1S/C12H22N2/c1-13-4-6-14(7-5-13)12-9-10-2-3-11(12)8-10/h10-12H,2-9H2,1H3/t10-,11+,12+/m1/s1. The summed E-state index contributed by atoms with van der Waals surface area (Å²) in [5.41, 5.74) is 0. The molecule has 0 amide bonds. The van der Waals surface area contributed by atoms with Gasteiger partial charge in [0.2, 0.25) is 0 Å². The smallest absolute Gasteiger partial charge is 0.0127 e. The average molecular weight is 194 g/mol. The van der Waals surface area contributed by atoms with E-state index in [0.29, 0.717) is 0 Å². The molecule has 80 valence electrons. The maximum Gasteiger partial charge on any atom is 0.0127 e. The van der Waals surface area contributed by atoms with Crippen molar-refractivity contribution in [2.24, 2.45) is 11.8 Å². The van der Waals surface area contributed by atoms with Crippen LogP contribution in [0.25, 0.3) is 0 Å². The van der Waals surface area contributed by atoms with E-state index in [2.05, 4.69) is 16.8 Å². The van der Waals surface area contributed by atoms with E-state index < -0.39 is 0 Å². The van der Waals surface area contributed by atoms with Gasteiger partial charge in [0.05, 0.1) is 0 Å². The number of piperazine rings is 1. The molecule has 1 heterocycles. The Morgan fingerprint density at radius 3 is 2.29 bits per heavy atom. The lowest BCUT2D eigenvalue weighted by Crippen LogP contribution is -2.50. The topological polar surface area (TPSA) is 6.48 Å². The van der Waals surface area contributed by atoms with Gasteiger partial charge in [-0.2, -0.15) is 0 Å². The normalized spacial score (nSPS) is 44.8. The third-order valence-electron chi connectivity index (χ3n) is 4.71. The molecule has 2 aliphatic carbocycles. The maximum absolute atomic E-state index is 2.78. The van der Waals surface area contributed by atoms with Gasteiger partial charge >= 0.3 is 0 Å². The lowest BCUT2D eigenvalue weighted by atomic mass is 9.93. The third-order valence-corrected chi connectivity index (χ3v) is 4.71. The second-order valence-corrected chi connectivity index (χ2v) is 5.58. The van der Waals surface area contributed by atoms with Crippen LogP contribution in [0.4, 0.5) is 0 Å². The number of rotatable bonds is 1. The van der Waals surface area contributed by atoms with Crippen LogP contribution in [0.5, 0.6) is 0 Å². The Kier molecular flexibility index (Phi) is 2.29. The summed E-state index contributed by atoms with van der Waals surface area (Å²) in [4.78, 5) is 5.24. The molecule has 0 spiro atoms. The molecule has 3 aliphatic rings. The SMILES string of the molecule is CN1CCN([C@H]2C[C@@H]3CC[C@H]2C3)CC1. The quantitative estimate of drug-likeness (QED) is 0.623.